The highest BCUT2D eigenvalue weighted by atomic mass is 16.5. The van der Waals surface area contributed by atoms with Crippen LogP contribution in [0.2, 0.25) is 0 Å². The predicted molar refractivity (Wildman–Crippen MR) is 93.5 cm³/mol. The smallest absolute Gasteiger partial charge is 0.311 e. The summed E-state index contributed by atoms with van der Waals surface area (Å²) in [5.74, 6) is -0.260. The summed E-state index contributed by atoms with van der Waals surface area (Å²) in [6, 6.07) is 23.2. The Bertz CT molecular complexity index is 761. The Morgan fingerprint density at radius 3 is 2.38 bits per heavy atom. The fourth-order valence-electron chi connectivity index (χ4n) is 2.60. The number of benzene rings is 2. The van der Waals surface area contributed by atoms with Crippen molar-refractivity contribution in [1.29, 1.82) is 0 Å². The minimum absolute atomic E-state index is 0.253. The first-order valence-corrected chi connectivity index (χ1v) is 7.94. The lowest BCUT2D eigenvalue weighted by Gasteiger charge is -2.18. The van der Waals surface area contributed by atoms with Crippen molar-refractivity contribution >= 4 is 5.97 Å². The van der Waals surface area contributed by atoms with Gasteiger partial charge in [-0.25, -0.2) is 0 Å². The minimum atomic E-state index is -0.496. The van der Waals surface area contributed by atoms with Crippen LogP contribution in [0.15, 0.2) is 79.0 Å². The van der Waals surface area contributed by atoms with Crippen molar-refractivity contribution in [2.24, 2.45) is 0 Å². The van der Waals surface area contributed by atoms with E-state index >= 15 is 0 Å². The maximum atomic E-state index is 12.5. The van der Waals surface area contributed by atoms with Crippen molar-refractivity contribution in [2.75, 3.05) is 0 Å². The molecule has 0 saturated carbocycles. The highest BCUT2D eigenvalue weighted by Gasteiger charge is 2.20. The molecule has 0 aliphatic carbocycles. The molecule has 0 spiro atoms. The van der Waals surface area contributed by atoms with Gasteiger partial charge in [0.2, 0.25) is 0 Å². The number of rotatable bonds is 5. The molecule has 24 heavy (non-hydrogen) atoms. The molecule has 0 amide bonds. The molecule has 0 aliphatic heterocycles. The van der Waals surface area contributed by atoms with E-state index in [1.165, 1.54) is 0 Å². The lowest BCUT2D eigenvalue weighted by atomic mass is 10.0. The number of aryl methyl sites for hydroxylation is 1. The average Bonchev–Trinajstić information content (AvgIpc) is 2.63. The third-order valence-electron chi connectivity index (χ3n) is 3.90. The molecule has 0 bridgehead atoms. The number of ether oxygens (including phenoxy) is 1. The molecule has 120 valence electrons. The fraction of sp³-hybridized carbons (Fsp3) is 0.143. The molecule has 0 unspecified atom stereocenters. The van der Waals surface area contributed by atoms with E-state index in [2.05, 4.69) is 4.98 Å². The summed E-state index contributed by atoms with van der Waals surface area (Å²) in [5, 5.41) is 0. The molecule has 3 aromatic rings. The van der Waals surface area contributed by atoms with Crippen molar-refractivity contribution in [3.63, 3.8) is 0 Å². The molecule has 3 nitrogen and oxygen atoms in total. The van der Waals surface area contributed by atoms with Crippen LogP contribution in [0.25, 0.3) is 0 Å². The molecule has 0 fully saturated rings. The second kappa shape index (κ2) is 7.55. The first kappa shape index (κ1) is 15.9. The van der Waals surface area contributed by atoms with E-state index in [1.807, 2.05) is 79.7 Å². The van der Waals surface area contributed by atoms with Crippen LogP contribution in [0.1, 0.15) is 28.5 Å². The molecule has 2 aromatic carbocycles. The Labute approximate surface area is 142 Å². The van der Waals surface area contributed by atoms with Crippen molar-refractivity contribution in [3.05, 3.63) is 101 Å². The van der Waals surface area contributed by atoms with Crippen LogP contribution >= 0.6 is 0 Å². The molecule has 1 atom stereocenters. The van der Waals surface area contributed by atoms with Crippen LogP contribution in [0.4, 0.5) is 0 Å². The minimum Gasteiger partial charge on any atom is -0.451 e. The molecule has 3 rings (SSSR count). The first-order chi connectivity index (χ1) is 11.7. The zero-order valence-electron chi connectivity index (χ0n) is 13.6. The van der Waals surface area contributed by atoms with E-state index < -0.39 is 6.10 Å². The third kappa shape index (κ3) is 3.87. The van der Waals surface area contributed by atoms with Crippen LogP contribution in [-0.4, -0.2) is 11.0 Å². The van der Waals surface area contributed by atoms with Gasteiger partial charge in [-0.05, 0) is 35.7 Å². The number of pyridine rings is 1. The van der Waals surface area contributed by atoms with Gasteiger partial charge in [-0.2, -0.15) is 0 Å². The summed E-state index contributed by atoms with van der Waals surface area (Å²) >= 11 is 0. The van der Waals surface area contributed by atoms with Gasteiger partial charge in [0.1, 0.15) is 0 Å². The maximum Gasteiger partial charge on any atom is 0.311 e. The molecule has 0 N–H and O–H groups in total. The summed E-state index contributed by atoms with van der Waals surface area (Å²) in [6.07, 6.45) is 1.47. The van der Waals surface area contributed by atoms with Crippen molar-refractivity contribution in [2.45, 2.75) is 19.4 Å². The van der Waals surface area contributed by atoms with E-state index in [1.54, 1.807) is 6.20 Å². The highest BCUT2D eigenvalue weighted by molar-refractivity contribution is 5.73. The topological polar surface area (TPSA) is 39.2 Å². The summed E-state index contributed by atoms with van der Waals surface area (Å²) in [5.41, 5.74) is 3.70. The van der Waals surface area contributed by atoms with Gasteiger partial charge in [-0.1, -0.05) is 60.7 Å². The molecule has 1 aromatic heterocycles. The van der Waals surface area contributed by atoms with E-state index in [0.717, 1.165) is 22.4 Å². The molecule has 0 radical (unpaired) electrons. The van der Waals surface area contributed by atoms with Gasteiger partial charge in [0.25, 0.3) is 0 Å². The van der Waals surface area contributed by atoms with Gasteiger partial charge in [-0.15, -0.1) is 0 Å². The van der Waals surface area contributed by atoms with Crippen LogP contribution in [-0.2, 0) is 16.0 Å². The Balaban J connectivity index is 1.82. The molecular weight excluding hydrogens is 298 g/mol. The lowest BCUT2D eigenvalue weighted by molar-refractivity contribution is -0.146. The Kier molecular flexibility index (Phi) is 5.02. The summed E-state index contributed by atoms with van der Waals surface area (Å²) in [7, 11) is 0. The summed E-state index contributed by atoms with van der Waals surface area (Å²) in [6.45, 7) is 2.00. The molecule has 1 heterocycles. The molecule has 3 heteroatoms. The second-order valence-electron chi connectivity index (χ2n) is 5.64. The third-order valence-corrected chi connectivity index (χ3v) is 3.90. The quantitative estimate of drug-likeness (QED) is 0.660. The average molecular weight is 317 g/mol. The molecular formula is C21H19NO2. The van der Waals surface area contributed by atoms with Gasteiger partial charge in [0, 0.05) is 6.20 Å². The SMILES string of the molecule is Cc1ccccc1CC(=O)O[C@H](c1ccccc1)c1ccccn1. The monoisotopic (exact) mass is 317 g/mol. The van der Waals surface area contributed by atoms with Gasteiger partial charge in [0.15, 0.2) is 6.10 Å². The van der Waals surface area contributed by atoms with Gasteiger partial charge in [-0.3, -0.25) is 9.78 Å². The van der Waals surface area contributed by atoms with Crippen molar-refractivity contribution in [3.8, 4) is 0 Å². The standard InChI is InChI=1S/C21H19NO2/c1-16-9-5-6-12-18(16)15-20(23)24-21(17-10-3-2-4-11-17)19-13-7-8-14-22-19/h2-14,21H,15H2,1H3/t21-/m1/s1. The normalized spacial score (nSPS) is 11.7. The van der Waals surface area contributed by atoms with Crippen molar-refractivity contribution in [1.82, 2.24) is 4.98 Å². The van der Waals surface area contributed by atoms with Crippen LogP contribution in [0, 0.1) is 6.92 Å². The number of esters is 1. The molecule has 0 saturated heterocycles. The van der Waals surface area contributed by atoms with Crippen LogP contribution in [0.3, 0.4) is 0 Å². The van der Waals surface area contributed by atoms with E-state index in [-0.39, 0.29) is 12.4 Å². The predicted octanol–water partition coefficient (Wildman–Crippen LogP) is 4.27. The van der Waals surface area contributed by atoms with E-state index in [0.29, 0.717) is 0 Å². The van der Waals surface area contributed by atoms with E-state index in [4.69, 9.17) is 4.74 Å². The summed E-state index contributed by atoms with van der Waals surface area (Å²) in [4.78, 5) is 16.8. The Morgan fingerprint density at radius 1 is 0.958 bits per heavy atom. The number of aromatic nitrogens is 1. The van der Waals surface area contributed by atoms with Crippen LogP contribution < -0.4 is 0 Å². The Hall–Kier alpha value is -2.94. The van der Waals surface area contributed by atoms with E-state index in [9.17, 15) is 4.79 Å². The van der Waals surface area contributed by atoms with Crippen LogP contribution in [0.5, 0.6) is 0 Å². The highest BCUT2D eigenvalue weighted by Crippen LogP contribution is 2.25. The van der Waals surface area contributed by atoms with Gasteiger partial charge >= 0.3 is 5.97 Å². The number of nitrogens with zero attached hydrogens (tertiary/aromatic N) is 1. The number of hydrogen-bond donors (Lipinski definition) is 0. The van der Waals surface area contributed by atoms with Crippen molar-refractivity contribution < 1.29 is 9.53 Å². The number of hydrogen-bond acceptors (Lipinski definition) is 3. The van der Waals surface area contributed by atoms with Gasteiger partial charge in [0.05, 0.1) is 12.1 Å². The second-order valence-corrected chi connectivity index (χ2v) is 5.64. The summed E-state index contributed by atoms with van der Waals surface area (Å²) < 4.78 is 5.78. The first-order valence-electron chi connectivity index (χ1n) is 7.94. The zero-order valence-corrected chi connectivity index (χ0v) is 13.6. The maximum absolute atomic E-state index is 12.5. The zero-order chi connectivity index (χ0) is 16.8. The number of carbonyl (C=O) groups excluding carboxylic acids is 1. The Morgan fingerprint density at radius 2 is 1.67 bits per heavy atom. The van der Waals surface area contributed by atoms with Gasteiger partial charge < -0.3 is 4.74 Å². The lowest BCUT2D eigenvalue weighted by Crippen LogP contribution is -2.16. The number of carbonyl (C=O) groups is 1. The molecule has 0 aliphatic rings. The fourth-order valence-corrected chi connectivity index (χ4v) is 2.60. The largest absolute Gasteiger partial charge is 0.451 e.